The van der Waals surface area contributed by atoms with E-state index in [4.69, 9.17) is 0 Å². The van der Waals surface area contributed by atoms with Crippen LogP contribution in [0.15, 0.2) is 90.6 Å². The Balaban J connectivity index is 1.89. The second kappa shape index (κ2) is 7.72. The van der Waals surface area contributed by atoms with Crippen LogP contribution in [0.5, 0.6) is 0 Å². The van der Waals surface area contributed by atoms with Gasteiger partial charge in [-0.25, -0.2) is 9.29 Å². The predicted molar refractivity (Wildman–Crippen MR) is 112 cm³/mol. The van der Waals surface area contributed by atoms with E-state index in [1.165, 1.54) is 24.3 Å². The summed E-state index contributed by atoms with van der Waals surface area (Å²) in [4.78, 5) is 29.8. The summed E-state index contributed by atoms with van der Waals surface area (Å²) in [5, 5.41) is 0. The highest BCUT2D eigenvalue weighted by atomic mass is 19.1. The minimum atomic E-state index is -0.427. The van der Waals surface area contributed by atoms with E-state index in [1.807, 2.05) is 72.5 Å². The number of benzene rings is 3. The molecule has 4 nitrogen and oxygen atoms in total. The van der Waals surface area contributed by atoms with E-state index < -0.39 is 17.6 Å². The molecule has 1 aliphatic rings. The number of amides is 2. The van der Waals surface area contributed by atoms with Gasteiger partial charge < -0.3 is 4.90 Å². The maximum Gasteiger partial charge on any atom is 0.282 e. The summed E-state index contributed by atoms with van der Waals surface area (Å²) in [6.07, 6.45) is 0. The monoisotopic (exact) mass is 386 g/mol. The Morgan fingerprint density at radius 3 is 1.97 bits per heavy atom. The van der Waals surface area contributed by atoms with Crippen LogP contribution in [0.2, 0.25) is 0 Å². The Morgan fingerprint density at radius 2 is 1.38 bits per heavy atom. The van der Waals surface area contributed by atoms with Crippen LogP contribution in [0.25, 0.3) is 5.57 Å². The summed E-state index contributed by atoms with van der Waals surface area (Å²) in [6, 6.07) is 24.0. The molecule has 0 saturated carbocycles. The number of nitrogens with zero attached hydrogens (tertiary/aromatic N) is 2. The smallest absolute Gasteiger partial charge is 0.282 e. The van der Waals surface area contributed by atoms with Crippen LogP contribution >= 0.6 is 0 Å². The number of para-hydroxylation sites is 1. The minimum absolute atomic E-state index is 0.319. The van der Waals surface area contributed by atoms with E-state index >= 15 is 0 Å². The fourth-order valence-electron chi connectivity index (χ4n) is 3.54. The van der Waals surface area contributed by atoms with Gasteiger partial charge in [0.2, 0.25) is 0 Å². The van der Waals surface area contributed by atoms with Crippen molar-refractivity contribution in [2.45, 2.75) is 6.92 Å². The summed E-state index contributed by atoms with van der Waals surface area (Å²) in [5.41, 5.74) is 2.49. The normalized spacial score (nSPS) is 13.9. The summed E-state index contributed by atoms with van der Waals surface area (Å²) in [6.45, 7) is 2.44. The van der Waals surface area contributed by atoms with E-state index in [0.29, 0.717) is 29.1 Å². The van der Waals surface area contributed by atoms with Gasteiger partial charge in [0, 0.05) is 12.2 Å². The number of likely N-dealkylation sites (N-methyl/N-ethyl adjacent to an activating group) is 1. The van der Waals surface area contributed by atoms with Crippen molar-refractivity contribution in [2.24, 2.45) is 0 Å². The third-order valence-electron chi connectivity index (χ3n) is 4.86. The van der Waals surface area contributed by atoms with Gasteiger partial charge in [0.25, 0.3) is 11.8 Å². The molecule has 5 heteroatoms. The number of halogens is 1. The molecule has 1 aliphatic heterocycles. The molecule has 2 amide bonds. The van der Waals surface area contributed by atoms with Gasteiger partial charge in [-0.05, 0) is 48.9 Å². The van der Waals surface area contributed by atoms with Crippen molar-refractivity contribution < 1.29 is 14.0 Å². The molecule has 4 rings (SSSR count). The quantitative estimate of drug-likeness (QED) is 0.600. The van der Waals surface area contributed by atoms with Gasteiger partial charge in [0.05, 0.1) is 11.3 Å². The summed E-state index contributed by atoms with van der Waals surface area (Å²) >= 11 is 0. The number of hydrogen-bond donors (Lipinski definition) is 0. The molecule has 144 valence electrons. The minimum Gasteiger partial charge on any atom is -0.337 e. The van der Waals surface area contributed by atoms with E-state index in [9.17, 15) is 14.0 Å². The van der Waals surface area contributed by atoms with Crippen molar-refractivity contribution in [3.8, 4) is 0 Å². The lowest BCUT2D eigenvalue weighted by Crippen LogP contribution is -2.35. The molecule has 0 fully saturated rings. The fraction of sp³-hybridized carbons (Fsp3) is 0.0833. The van der Waals surface area contributed by atoms with Crippen molar-refractivity contribution in [1.82, 2.24) is 0 Å². The molecule has 0 N–H and O–H groups in total. The Bertz CT molecular complexity index is 1080. The van der Waals surface area contributed by atoms with Gasteiger partial charge in [0.15, 0.2) is 0 Å². The average molecular weight is 386 g/mol. The van der Waals surface area contributed by atoms with Crippen LogP contribution in [-0.2, 0) is 9.59 Å². The first-order chi connectivity index (χ1) is 14.1. The maximum absolute atomic E-state index is 13.5. The lowest BCUT2D eigenvalue weighted by molar-refractivity contribution is -0.120. The lowest BCUT2D eigenvalue weighted by atomic mass is 10.0. The SMILES string of the molecule is CCN(C1=C(c2ccccc2)C(=O)N(c2ccc(F)cc2)C1=O)c1ccccc1. The largest absolute Gasteiger partial charge is 0.337 e. The summed E-state index contributed by atoms with van der Waals surface area (Å²) in [5.74, 6) is -1.27. The molecule has 0 aromatic heterocycles. The van der Waals surface area contributed by atoms with Gasteiger partial charge in [-0.2, -0.15) is 0 Å². The Kier molecular flexibility index (Phi) is 4.96. The number of rotatable bonds is 5. The molecule has 0 aliphatic carbocycles. The molecule has 0 radical (unpaired) electrons. The van der Waals surface area contributed by atoms with Crippen molar-refractivity contribution in [1.29, 1.82) is 0 Å². The number of anilines is 2. The molecule has 0 saturated heterocycles. The third-order valence-corrected chi connectivity index (χ3v) is 4.86. The average Bonchev–Trinajstić information content (AvgIpc) is 3.01. The molecule has 0 unspecified atom stereocenters. The van der Waals surface area contributed by atoms with Gasteiger partial charge >= 0.3 is 0 Å². The third kappa shape index (κ3) is 3.31. The molecule has 1 heterocycles. The van der Waals surface area contributed by atoms with Crippen LogP contribution in [0.1, 0.15) is 12.5 Å². The van der Waals surface area contributed by atoms with Crippen LogP contribution in [-0.4, -0.2) is 18.4 Å². The fourth-order valence-corrected chi connectivity index (χ4v) is 3.54. The number of carbonyl (C=O) groups is 2. The number of imide groups is 1. The first-order valence-corrected chi connectivity index (χ1v) is 9.38. The molecular weight excluding hydrogens is 367 g/mol. The van der Waals surface area contributed by atoms with Crippen LogP contribution < -0.4 is 9.80 Å². The summed E-state index contributed by atoms with van der Waals surface area (Å²) < 4.78 is 13.4. The molecule has 0 bridgehead atoms. The second-order valence-corrected chi connectivity index (χ2v) is 6.59. The van der Waals surface area contributed by atoms with Crippen LogP contribution in [0.4, 0.5) is 15.8 Å². The zero-order valence-corrected chi connectivity index (χ0v) is 15.9. The second-order valence-electron chi connectivity index (χ2n) is 6.59. The van der Waals surface area contributed by atoms with Crippen LogP contribution in [0.3, 0.4) is 0 Å². The lowest BCUT2D eigenvalue weighted by Gasteiger charge is -2.25. The molecular formula is C24H19FN2O2. The first kappa shape index (κ1) is 18.6. The highest BCUT2D eigenvalue weighted by molar-refractivity contribution is 6.46. The highest BCUT2D eigenvalue weighted by Gasteiger charge is 2.42. The molecule has 0 spiro atoms. The maximum atomic E-state index is 13.5. The Hall–Kier alpha value is -3.73. The van der Waals surface area contributed by atoms with E-state index in [-0.39, 0.29) is 0 Å². The van der Waals surface area contributed by atoms with Gasteiger partial charge in [-0.15, -0.1) is 0 Å². The standard InChI is InChI=1S/C24H19FN2O2/c1-2-26(19-11-7-4-8-12-19)22-21(17-9-5-3-6-10-17)23(28)27(24(22)29)20-15-13-18(25)14-16-20/h3-16H,2H2,1H3. The predicted octanol–water partition coefficient (Wildman–Crippen LogP) is 4.64. The van der Waals surface area contributed by atoms with E-state index in [2.05, 4.69) is 0 Å². The molecule has 0 atom stereocenters. The van der Waals surface area contributed by atoms with Crippen molar-refractivity contribution in [3.05, 3.63) is 102 Å². The number of carbonyl (C=O) groups excluding carboxylic acids is 2. The van der Waals surface area contributed by atoms with Gasteiger partial charge in [-0.3, -0.25) is 9.59 Å². The number of hydrogen-bond acceptors (Lipinski definition) is 3. The van der Waals surface area contributed by atoms with Gasteiger partial charge in [0.1, 0.15) is 11.5 Å². The van der Waals surface area contributed by atoms with Crippen molar-refractivity contribution in [3.63, 3.8) is 0 Å². The van der Waals surface area contributed by atoms with Crippen molar-refractivity contribution in [2.75, 3.05) is 16.3 Å². The van der Waals surface area contributed by atoms with E-state index in [0.717, 1.165) is 10.6 Å². The molecule has 3 aromatic rings. The van der Waals surface area contributed by atoms with E-state index in [1.54, 1.807) is 0 Å². The topological polar surface area (TPSA) is 40.6 Å². The first-order valence-electron chi connectivity index (χ1n) is 9.38. The molecule has 3 aromatic carbocycles. The van der Waals surface area contributed by atoms with Crippen LogP contribution in [0, 0.1) is 5.82 Å². The zero-order valence-electron chi connectivity index (χ0n) is 15.9. The summed E-state index contributed by atoms with van der Waals surface area (Å²) in [7, 11) is 0. The van der Waals surface area contributed by atoms with Gasteiger partial charge in [-0.1, -0.05) is 48.5 Å². The highest BCUT2D eigenvalue weighted by Crippen LogP contribution is 2.36. The zero-order chi connectivity index (χ0) is 20.4. The Labute approximate surface area is 168 Å². The Morgan fingerprint density at radius 1 is 0.793 bits per heavy atom. The van der Waals surface area contributed by atoms with Crippen molar-refractivity contribution >= 4 is 28.8 Å². The molecule has 29 heavy (non-hydrogen) atoms.